The highest BCUT2D eigenvalue weighted by Crippen LogP contribution is 2.34. The van der Waals surface area contributed by atoms with Crippen molar-refractivity contribution >= 4 is 0 Å². The normalized spacial score (nSPS) is 10.7. The van der Waals surface area contributed by atoms with Gasteiger partial charge in [0.25, 0.3) is 0 Å². The largest absolute Gasteiger partial charge is 0.227 e. The summed E-state index contributed by atoms with van der Waals surface area (Å²) in [6.45, 7) is 1.63. The maximum Gasteiger partial charge on any atom is 0.221 e. The van der Waals surface area contributed by atoms with E-state index in [1.807, 2.05) is 0 Å². The fraction of sp³-hybridized carbons (Fsp3) is 0.0556. The third-order valence-electron chi connectivity index (χ3n) is 3.60. The molecule has 0 unspecified atom stereocenters. The van der Waals surface area contributed by atoms with Gasteiger partial charge in [-0.15, -0.1) is 0 Å². The molecule has 2 aromatic carbocycles. The van der Waals surface area contributed by atoms with Crippen LogP contribution in [0, 0.1) is 24.5 Å². The van der Waals surface area contributed by atoms with E-state index < -0.39 is 17.6 Å². The summed E-state index contributed by atoms with van der Waals surface area (Å²) in [6, 6.07) is 12.0. The summed E-state index contributed by atoms with van der Waals surface area (Å²) in [4.78, 5) is 3.67. The van der Waals surface area contributed by atoms with Gasteiger partial charge >= 0.3 is 0 Å². The van der Waals surface area contributed by atoms with Crippen molar-refractivity contribution in [1.29, 1.82) is 0 Å². The predicted octanol–water partition coefficient (Wildman–Crippen LogP) is 5.14. The average Bonchev–Trinajstić information content (AvgIpc) is 2.50. The summed E-state index contributed by atoms with van der Waals surface area (Å²) >= 11 is 0. The van der Waals surface area contributed by atoms with Crippen molar-refractivity contribution in [3.8, 4) is 22.3 Å². The van der Waals surface area contributed by atoms with E-state index in [-0.39, 0.29) is 11.1 Å². The minimum Gasteiger partial charge on any atom is -0.227 e. The lowest BCUT2D eigenvalue weighted by Crippen LogP contribution is -1.99. The summed E-state index contributed by atoms with van der Waals surface area (Å²) in [5, 5.41) is 0. The van der Waals surface area contributed by atoms with Crippen LogP contribution in [0.4, 0.5) is 13.2 Å². The molecule has 0 radical (unpaired) electrons. The van der Waals surface area contributed by atoms with Gasteiger partial charge in [0.05, 0.1) is 0 Å². The van der Waals surface area contributed by atoms with E-state index in [1.54, 1.807) is 31.2 Å². The highest BCUT2D eigenvalue weighted by Gasteiger charge is 2.18. The molecule has 4 heteroatoms. The van der Waals surface area contributed by atoms with E-state index >= 15 is 0 Å². The van der Waals surface area contributed by atoms with Crippen molar-refractivity contribution in [3.05, 3.63) is 77.9 Å². The van der Waals surface area contributed by atoms with Gasteiger partial charge in [-0.3, -0.25) is 0 Å². The monoisotopic (exact) mass is 299 g/mol. The van der Waals surface area contributed by atoms with Gasteiger partial charge in [0.1, 0.15) is 11.6 Å². The first-order valence-electron chi connectivity index (χ1n) is 6.74. The molecule has 110 valence electrons. The SMILES string of the molecule is Cc1c(-c2ccccc2F)cnc(F)c1-c1ccccc1F. The summed E-state index contributed by atoms with van der Waals surface area (Å²) < 4.78 is 42.1. The summed E-state index contributed by atoms with van der Waals surface area (Å²) in [7, 11) is 0. The molecular weight excluding hydrogens is 287 g/mol. The maximum atomic E-state index is 14.1. The van der Waals surface area contributed by atoms with Gasteiger partial charge in [-0.1, -0.05) is 36.4 Å². The van der Waals surface area contributed by atoms with Crippen molar-refractivity contribution in [3.63, 3.8) is 0 Å². The van der Waals surface area contributed by atoms with Crippen LogP contribution >= 0.6 is 0 Å². The molecule has 3 aromatic rings. The average molecular weight is 299 g/mol. The van der Waals surface area contributed by atoms with Crippen LogP contribution in [0.3, 0.4) is 0 Å². The smallest absolute Gasteiger partial charge is 0.221 e. The first kappa shape index (κ1) is 14.3. The number of aromatic nitrogens is 1. The second-order valence-electron chi connectivity index (χ2n) is 4.92. The molecule has 1 aromatic heterocycles. The van der Waals surface area contributed by atoms with Crippen molar-refractivity contribution in [2.75, 3.05) is 0 Å². The minimum absolute atomic E-state index is 0.0545. The summed E-state index contributed by atoms with van der Waals surface area (Å²) in [6.07, 6.45) is 1.27. The zero-order valence-electron chi connectivity index (χ0n) is 11.8. The molecule has 0 saturated heterocycles. The lowest BCUT2D eigenvalue weighted by atomic mass is 9.94. The topological polar surface area (TPSA) is 12.9 Å². The van der Waals surface area contributed by atoms with E-state index in [4.69, 9.17) is 0 Å². The number of pyridine rings is 1. The van der Waals surface area contributed by atoms with Gasteiger partial charge in [0.15, 0.2) is 0 Å². The standard InChI is InChI=1S/C18H12F3N/c1-11-14(12-6-2-4-8-15(12)19)10-22-18(21)17(11)13-7-3-5-9-16(13)20/h2-10H,1H3. The van der Waals surface area contributed by atoms with Crippen LogP contribution in [0.1, 0.15) is 5.56 Å². The maximum absolute atomic E-state index is 14.1. The zero-order chi connectivity index (χ0) is 15.7. The molecule has 0 aliphatic heterocycles. The van der Waals surface area contributed by atoms with Crippen LogP contribution in [-0.4, -0.2) is 4.98 Å². The lowest BCUT2D eigenvalue weighted by molar-refractivity contribution is 0.581. The van der Waals surface area contributed by atoms with Gasteiger partial charge in [-0.25, -0.2) is 13.8 Å². The Balaban J connectivity index is 2.28. The van der Waals surface area contributed by atoms with E-state index in [9.17, 15) is 13.2 Å². The molecular formula is C18H12F3N. The van der Waals surface area contributed by atoms with E-state index in [2.05, 4.69) is 4.98 Å². The molecule has 0 spiro atoms. The molecule has 0 aliphatic carbocycles. The zero-order valence-corrected chi connectivity index (χ0v) is 11.8. The highest BCUT2D eigenvalue weighted by atomic mass is 19.1. The van der Waals surface area contributed by atoms with E-state index in [0.717, 1.165) is 0 Å². The van der Waals surface area contributed by atoms with Crippen LogP contribution in [0.2, 0.25) is 0 Å². The van der Waals surface area contributed by atoms with Crippen LogP contribution < -0.4 is 0 Å². The molecule has 0 bridgehead atoms. The first-order valence-corrected chi connectivity index (χ1v) is 6.74. The third-order valence-corrected chi connectivity index (χ3v) is 3.60. The number of nitrogens with zero attached hydrogens (tertiary/aromatic N) is 1. The van der Waals surface area contributed by atoms with E-state index in [0.29, 0.717) is 16.7 Å². The number of hydrogen-bond donors (Lipinski definition) is 0. The van der Waals surface area contributed by atoms with Crippen molar-refractivity contribution in [2.24, 2.45) is 0 Å². The Labute approximate surface area is 126 Å². The fourth-order valence-corrected chi connectivity index (χ4v) is 2.50. The Morgan fingerprint density at radius 1 is 0.727 bits per heavy atom. The Morgan fingerprint density at radius 3 is 1.86 bits per heavy atom. The van der Waals surface area contributed by atoms with Gasteiger partial charge < -0.3 is 0 Å². The van der Waals surface area contributed by atoms with Gasteiger partial charge in [0, 0.05) is 28.5 Å². The van der Waals surface area contributed by atoms with Crippen LogP contribution in [0.15, 0.2) is 54.7 Å². The quantitative estimate of drug-likeness (QED) is 0.597. The molecule has 0 saturated carbocycles. The van der Waals surface area contributed by atoms with Crippen molar-refractivity contribution < 1.29 is 13.2 Å². The second-order valence-corrected chi connectivity index (χ2v) is 4.92. The molecule has 0 fully saturated rings. The Morgan fingerprint density at radius 2 is 1.27 bits per heavy atom. The molecule has 0 N–H and O–H groups in total. The number of hydrogen-bond acceptors (Lipinski definition) is 1. The lowest BCUT2D eigenvalue weighted by Gasteiger charge is -2.13. The number of benzene rings is 2. The molecule has 1 heterocycles. The number of halogens is 3. The molecule has 3 rings (SSSR count). The van der Waals surface area contributed by atoms with Gasteiger partial charge in [-0.2, -0.15) is 4.39 Å². The fourth-order valence-electron chi connectivity index (χ4n) is 2.50. The molecule has 1 nitrogen and oxygen atoms in total. The molecule has 22 heavy (non-hydrogen) atoms. The third kappa shape index (κ3) is 2.37. The minimum atomic E-state index is -0.775. The van der Waals surface area contributed by atoms with Gasteiger partial charge in [-0.05, 0) is 24.6 Å². The summed E-state index contributed by atoms with van der Waals surface area (Å²) in [5.74, 6) is -1.75. The van der Waals surface area contributed by atoms with E-state index in [1.165, 1.54) is 30.5 Å². The Bertz CT molecular complexity index is 843. The molecule has 0 amide bonds. The number of rotatable bonds is 2. The van der Waals surface area contributed by atoms with Crippen molar-refractivity contribution in [1.82, 2.24) is 4.98 Å². The highest BCUT2D eigenvalue weighted by molar-refractivity contribution is 5.77. The Kier molecular flexibility index (Phi) is 3.67. The molecule has 0 aliphatic rings. The van der Waals surface area contributed by atoms with Crippen LogP contribution in [-0.2, 0) is 0 Å². The van der Waals surface area contributed by atoms with Crippen LogP contribution in [0.5, 0.6) is 0 Å². The van der Waals surface area contributed by atoms with Gasteiger partial charge in [0.2, 0.25) is 5.95 Å². The first-order chi connectivity index (χ1) is 10.6. The van der Waals surface area contributed by atoms with Crippen molar-refractivity contribution in [2.45, 2.75) is 6.92 Å². The predicted molar refractivity (Wildman–Crippen MR) is 79.7 cm³/mol. The van der Waals surface area contributed by atoms with Crippen LogP contribution in [0.25, 0.3) is 22.3 Å². The molecule has 0 atom stereocenters. The summed E-state index contributed by atoms with van der Waals surface area (Å²) in [5.41, 5.74) is 1.37. The Hall–Kier alpha value is -2.62. The second kappa shape index (κ2) is 5.64.